The van der Waals surface area contributed by atoms with Gasteiger partial charge in [-0.3, -0.25) is 4.98 Å². The smallest absolute Gasteiger partial charge is 0.0775 e. The van der Waals surface area contributed by atoms with E-state index < -0.39 is 0 Å². The van der Waals surface area contributed by atoms with Crippen LogP contribution in [-0.4, -0.2) is 19.1 Å². The van der Waals surface area contributed by atoms with Crippen molar-refractivity contribution in [2.75, 3.05) is 19.0 Å². The SMILES string of the molecule is Cc1cc(C)c2nc(CC#N)cc(N(C)C)c2c1. The molecule has 1 aromatic carbocycles. The average Bonchev–Trinajstić information content (AvgIpc) is 2.29. The molecule has 18 heavy (non-hydrogen) atoms. The van der Waals surface area contributed by atoms with Gasteiger partial charge in [-0.05, 0) is 31.5 Å². The van der Waals surface area contributed by atoms with Crippen LogP contribution in [0.4, 0.5) is 5.69 Å². The lowest BCUT2D eigenvalue weighted by Crippen LogP contribution is -2.10. The van der Waals surface area contributed by atoms with Crippen molar-refractivity contribution in [2.24, 2.45) is 0 Å². The van der Waals surface area contributed by atoms with Crippen molar-refractivity contribution in [1.29, 1.82) is 5.26 Å². The van der Waals surface area contributed by atoms with Crippen LogP contribution < -0.4 is 4.90 Å². The van der Waals surface area contributed by atoms with Crippen molar-refractivity contribution in [2.45, 2.75) is 20.3 Å². The Hall–Kier alpha value is -2.08. The van der Waals surface area contributed by atoms with Gasteiger partial charge in [0.25, 0.3) is 0 Å². The summed E-state index contributed by atoms with van der Waals surface area (Å²) in [7, 11) is 4.03. The Morgan fingerprint density at radius 3 is 2.56 bits per heavy atom. The molecule has 1 heterocycles. The molecule has 0 unspecified atom stereocenters. The lowest BCUT2D eigenvalue weighted by Gasteiger charge is -2.17. The van der Waals surface area contributed by atoms with Crippen LogP contribution in [0.1, 0.15) is 16.8 Å². The topological polar surface area (TPSA) is 39.9 Å². The molecule has 1 aromatic heterocycles. The Balaban J connectivity index is 2.82. The maximum absolute atomic E-state index is 8.83. The molecule has 0 aliphatic heterocycles. The van der Waals surface area contributed by atoms with Gasteiger partial charge in [0.15, 0.2) is 0 Å². The molecule has 0 spiro atoms. The Labute approximate surface area is 108 Å². The minimum absolute atomic E-state index is 0.351. The number of pyridine rings is 1. The van der Waals surface area contributed by atoms with E-state index in [-0.39, 0.29) is 0 Å². The first-order valence-corrected chi connectivity index (χ1v) is 5.98. The van der Waals surface area contributed by atoms with Crippen LogP contribution >= 0.6 is 0 Å². The lowest BCUT2D eigenvalue weighted by atomic mass is 10.0. The molecule has 0 bridgehead atoms. The zero-order chi connectivity index (χ0) is 13.3. The molecule has 0 amide bonds. The molecule has 0 N–H and O–H groups in total. The van der Waals surface area contributed by atoms with Crippen LogP contribution in [0.3, 0.4) is 0 Å². The van der Waals surface area contributed by atoms with Crippen molar-refractivity contribution in [3.63, 3.8) is 0 Å². The minimum atomic E-state index is 0.351. The Kier molecular flexibility index (Phi) is 3.20. The zero-order valence-electron chi connectivity index (χ0n) is 11.3. The number of rotatable bonds is 2. The Morgan fingerprint density at radius 1 is 1.22 bits per heavy atom. The molecular weight excluding hydrogens is 222 g/mol. The van der Waals surface area contributed by atoms with Gasteiger partial charge < -0.3 is 4.90 Å². The van der Waals surface area contributed by atoms with E-state index >= 15 is 0 Å². The second-order valence-electron chi connectivity index (χ2n) is 4.84. The van der Waals surface area contributed by atoms with E-state index in [0.717, 1.165) is 27.8 Å². The van der Waals surface area contributed by atoms with Crippen LogP contribution in [0, 0.1) is 25.2 Å². The van der Waals surface area contributed by atoms with E-state index in [1.54, 1.807) is 0 Å². The van der Waals surface area contributed by atoms with Crippen molar-refractivity contribution < 1.29 is 0 Å². The Morgan fingerprint density at radius 2 is 1.94 bits per heavy atom. The van der Waals surface area contributed by atoms with Gasteiger partial charge in [-0.15, -0.1) is 0 Å². The van der Waals surface area contributed by atoms with Crippen LogP contribution in [0.5, 0.6) is 0 Å². The summed E-state index contributed by atoms with van der Waals surface area (Å²) in [5, 5.41) is 9.98. The molecule has 0 fully saturated rings. The third-order valence-electron chi connectivity index (χ3n) is 3.02. The van der Waals surface area contributed by atoms with Gasteiger partial charge in [0.2, 0.25) is 0 Å². The molecule has 2 rings (SSSR count). The molecule has 0 aliphatic rings. The summed E-state index contributed by atoms with van der Waals surface area (Å²) in [6, 6.07) is 8.45. The molecule has 3 heteroatoms. The quantitative estimate of drug-likeness (QED) is 0.808. The number of aromatic nitrogens is 1. The molecule has 0 aliphatic carbocycles. The number of anilines is 1. The normalized spacial score (nSPS) is 10.4. The van der Waals surface area contributed by atoms with Crippen LogP contribution in [0.2, 0.25) is 0 Å². The second-order valence-corrected chi connectivity index (χ2v) is 4.84. The summed E-state index contributed by atoms with van der Waals surface area (Å²) < 4.78 is 0. The van der Waals surface area contributed by atoms with Crippen LogP contribution in [0.15, 0.2) is 18.2 Å². The van der Waals surface area contributed by atoms with Gasteiger partial charge in [-0.1, -0.05) is 11.6 Å². The standard InChI is InChI=1S/C15H17N3/c1-10-7-11(2)15-13(8-10)14(18(3)4)9-12(17-15)5-6-16/h7-9H,5H2,1-4H3. The van der Waals surface area contributed by atoms with Gasteiger partial charge in [0.1, 0.15) is 0 Å². The lowest BCUT2D eigenvalue weighted by molar-refractivity contribution is 1.09. The summed E-state index contributed by atoms with van der Waals surface area (Å²) >= 11 is 0. The van der Waals surface area contributed by atoms with Crippen molar-refractivity contribution in [3.8, 4) is 6.07 Å². The molecule has 0 saturated heterocycles. The van der Waals surface area contributed by atoms with Gasteiger partial charge in [0.05, 0.1) is 23.7 Å². The number of aryl methyl sites for hydroxylation is 2. The fourth-order valence-corrected chi connectivity index (χ4v) is 2.26. The largest absolute Gasteiger partial charge is 0.377 e. The molecular formula is C15H17N3. The van der Waals surface area contributed by atoms with Crippen molar-refractivity contribution in [3.05, 3.63) is 35.0 Å². The molecule has 0 atom stereocenters. The summed E-state index contributed by atoms with van der Waals surface area (Å²) in [6.07, 6.45) is 0.351. The predicted octanol–water partition coefficient (Wildman–Crippen LogP) is 2.98. The summed E-state index contributed by atoms with van der Waals surface area (Å²) in [5.74, 6) is 0. The van der Waals surface area contributed by atoms with Gasteiger partial charge in [-0.25, -0.2) is 0 Å². The van der Waals surface area contributed by atoms with E-state index in [0.29, 0.717) is 6.42 Å². The van der Waals surface area contributed by atoms with Crippen LogP contribution in [-0.2, 0) is 6.42 Å². The fraction of sp³-hybridized carbons (Fsp3) is 0.333. The second kappa shape index (κ2) is 4.66. The van der Waals surface area contributed by atoms with E-state index in [9.17, 15) is 0 Å². The molecule has 92 valence electrons. The third kappa shape index (κ3) is 2.14. The summed E-state index contributed by atoms with van der Waals surface area (Å²) in [5.41, 5.74) is 5.35. The number of hydrogen-bond donors (Lipinski definition) is 0. The molecule has 0 saturated carbocycles. The monoisotopic (exact) mass is 239 g/mol. The number of benzene rings is 1. The van der Waals surface area contributed by atoms with Crippen molar-refractivity contribution >= 4 is 16.6 Å². The first-order chi connectivity index (χ1) is 8.52. The van der Waals surface area contributed by atoms with E-state index in [1.165, 1.54) is 5.56 Å². The van der Waals surface area contributed by atoms with E-state index in [2.05, 4.69) is 41.9 Å². The first-order valence-electron chi connectivity index (χ1n) is 5.98. The number of fused-ring (bicyclic) bond motifs is 1. The predicted molar refractivity (Wildman–Crippen MR) is 74.9 cm³/mol. The van der Waals surface area contributed by atoms with Gasteiger partial charge >= 0.3 is 0 Å². The fourth-order valence-electron chi connectivity index (χ4n) is 2.26. The summed E-state index contributed by atoms with van der Waals surface area (Å²) in [6.45, 7) is 4.16. The molecule has 0 radical (unpaired) electrons. The highest BCUT2D eigenvalue weighted by Gasteiger charge is 2.10. The number of nitrogens with zero attached hydrogens (tertiary/aromatic N) is 3. The highest BCUT2D eigenvalue weighted by Crippen LogP contribution is 2.28. The maximum Gasteiger partial charge on any atom is 0.0775 e. The average molecular weight is 239 g/mol. The maximum atomic E-state index is 8.83. The zero-order valence-corrected chi connectivity index (χ0v) is 11.3. The number of nitriles is 1. The van der Waals surface area contributed by atoms with E-state index in [4.69, 9.17) is 5.26 Å². The summed E-state index contributed by atoms with van der Waals surface area (Å²) in [4.78, 5) is 6.67. The van der Waals surface area contributed by atoms with Crippen LogP contribution in [0.25, 0.3) is 10.9 Å². The Bertz CT molecular complexity index is 636. The third-order valence-corrected chi connectivity index (χ3v) is 3.02. The molecule has 3 nitrogen and oxygen atoms in total. The van der Waals surface area contributed by atoms with Gasteiger partial charge in [-0.2, -0.15) is 5.26 Å². The molecule has 2 aromatic rings. The minimum Gasteiger partial charge on any atom is -0.377 e. The van der Waals surface area contributed by atoms with Gasteiger partial charge in [0, 0.05) is 25.2 Å². The van der Waals surface area contributed by atoms with Crippen molar-refractivity contribution in [1.82, 2.24) is 4.98 Å². The first kappa shape index (κ1) is 12.4. The highest BCUT2D eigenvalue weighted by molar-refractivity contribution is 5.94. The highest BCUT2D eigenvalue weighted by atomic mass is 15.1. The number of hydrogen-bond acceptors (Lipinski definition) is 3. The van der Waals surface area contributed by atoms with E-state index in [1.807, 2.05) is 20.2 Å².